The van der Waals surface area contributed by atoms with Gasteiger partial charge in [0.05, 0.1) is 28.6 Å². The first-order chi connectivity index (χ1) is 13.5. The Morgan fingerprint density at radius 1 is 1.11 bits per heavy atom. The van der Waals surface area contributed by atoms with E-state index in [2.05, 4.69) is 10.4 Å². The quantitative estimate of drug-likeness (QED) is 0.667. The number of benzene rings is 2. The van der Waals surface area contributed by atoms with Gasteiger partial charge < -0.3 is 10.1 Å². The lowest BCUT2D eigenvalue weighted by molar-refractivity contribution is 0.0518. The standard InChI is InChI=1S/C20H16ClN3O4/c1-2-28-20(27)18-16(22-19(26)14-10-6-7-11-15(14)21)12-17(25)24(23-18)13-8-4-3-5-9-13/h3-12H,2H2,1H3,(H,22,26). The third-order valence-corrected chi connectivity index (χ3v) is 4.10. The summed E-state index contributed by atoms with van der Waals surface area (Å²) in [6.45, 7) is 1.76. The lowest BCUT2D eigenvalue weighted by Gasteiger charge is -2.12. The maximum absolute atomic E-state index is 12.5. The topological polar surface area (TPSA) is 90.3 Å². The Morgan fingerprint density at radius 2 is 1.79 bits per heavy atom. The normalized spacial score (nSPS) is 10.4. The van der Waals surface area contributed by atoms with E-state index in [1.165, 1.54) is 6.07 Å². The van der Waals surface area contributed by atoms with Gasteiger partial charge in [0.25, 0.3) is 11.5 Å². The predicted molar refractivity (Wildman–Crippen MR) is 105 cm³/mol. The summed E-state index contributed by atoms with van der Waals surface area (Å²) >= 11 is 6.04. The predicted octanol–water partition coefficient (Wildman–Crippen LogP) is 3.31. The number of carbonyl (C=O) groups is 2. The SMILES string of the molecule is CCOC(=O)c1nn(-c2ccccc2)c(=O)cc1NC(=O)c1ccccc1Cl. The van der Waals surface area contributed by atoms with E-state index in [4.69, 9.17) is 16.3 Å². The van der Waals surface area contributed by atoms with Gasteiger partial charge in [0.1, 0.15) is 0 Å². The number of rotatable bonds is 5. The van der Waals surface area contributed by atoms with Crippen LogP contribution in [-0.4, -0.2) is 28.3 Å². The van der Waals surface area contributed by atoms with Crippen LogP contribution in [0.3, 0.4) is 0 Å². The maximum Gasteiger partial charge on any atom is 0.360 e. The van der Waals surface area contributed by atoms with Crippen molar-refractivity contribution in [3.05, 3.63) is 87.3 Å². The Hall–Kier alpha value is -3.45. The Bertz CT molecular complexity index is 1080. The highest BCUT2D eigenvalue weighted by Crippen LogP contribution is 2.19. The van der Waals surface area contributed by atoms with Crippen LogP contribution in [0.1, 0.15) is 27.8 Å². The fourth-order valence-corrected chi connectivity index (χ4v) is 2.71. The molecule has 0 aliphatic carbocycles. The molecular weight excluding hydrogens is 382 g/mol. The molecule has 0 saturated carbocycles. The fraction of sp³-hybridized carbons (Fsp3) is 0.100. The Morgan fingerprint density at radius 3 is 2.46 bits per heavy atom. The van der Waals surface area contributed by atoms with E-state index in [0.29, 0.717) is 5.69 Å². The van der Waals surface area contributed by atoms with Crippen molar-refractivity contribution in [1.82, 2.24) is 9.78 Å². The molecule has 2 aromatic carbocycles. The molecule has 28 heavy (non-hydrogen) atoms. The summed E-state index contributed by atoms with van der Waals surface area (Å²) in [7, 11) is 0. The Balaban J connectivity index is 2.06. The van der Waals surface area contributed by atoms with Crippen LogP contribution in [-0.2, 0) is 4.74 Å². The van der Waals surface area contributed by atoms with Gasteiger partial charge in [-0.1, -0.05) is 41.9 Å². The average Bonchev–Trinajstić information content (AvgIpc) is 2.69. The Kier molecular flexibility index (Phi) is 5.86. The monoisotopic (exact) mass is 397 g/mol. The molecule has 0 saturated heterocycles. The van der Waals surface area contributed by atoms with E-state index in [-0.39, 0.29) is 28.6 Å². The van der Waals surface area contributed by atoms with Crippen LogP contribution < -0.4 is 10.9 Å². The minimum absolute atomic E-state index is 0.0550. The molecule has 3 rings (SSSR count). The lowest BCUT2D eigenvalue weighted by atomic mass is 10.2. The van der Waals surface area contributed by atoms with Gasteiger partial charge in [-0.15, -0.1) is 0 Å². The summed E-state index contributed by atoms with van der Waals surface area (Å²) < 4.78 is 6.08. The van der Waals surface area contributed by atoms with Crippen molar-refractivity contribution >= 4 is 29.2 Å². The first kappa shape index (κ1) is 19.3. The summed E-state index contributed by atoms with van der Waals surface area (Å²) in [5.74, 6) is -1.34. The molecule has 0 fully saturated rings. The van der Waals surface area contributed by atoms with Gasteiger partial charge in [0.2, 0.25) is 0 Å². The number of carbonyl (C=O) groups excluding carboxylic acids is 2. The second-order valence-corrected chi connectivity index (χ2v) is 6.05. The molecule has 142 valence electrons. The number of amides is 1. The van der Waals surface area contributed by atoms with Crippen molar-refractivity contribution in [3.8, 4) is 5.69 Å². The zero-order chi connectivity index (χ0) is 20.1. The molecule has 0 radical (unpaired) electrons. The molecule has 8 heteroatoms. The number of nitrogens with zero attached hydrogens (tertiary/aromatic N) is 2. The number of para-hydroxylation sites is 1. The van der Waals surface area contributed by atoms with Crippen molar-refractivity contribution < 1.29 is 14.3 Å². The summed E-state index contributed by atoms with van der Waals surface area (Å²) in [5, 5.41) is 6.88. The number of ether oxygens (including phenoxy) is 1. The molecule has 3 aromatic rings. The molecule has 0 aliphatic rings. The summed E-state index contributed by atoms with van der Waals surface area (Å²) in [5.41, 5.74) is -0.0896. The van der Waals surface area contributed by atoms with Gasteiger partial charge in [0, 0.05) is 6.07 Å². The van der Waals surface area contributed by atoms with E-state index in [9.17, 15) is 14.4 Å². The first-order valence-corrected chi connectivity index (χ1v) is 8.82. The molecule has 1 heterocycles. The molecule has 7 nitrogen and oxygen atoms in total. The molecule has 1 amide bonds. The smallest absolute Gasteiger partial charge is 0.360 e. The van der Waals surface area contributed by atoms with Gasteiger partial charge >= 0.3 is 5.97 Å². The molecule has 1 aromatic heterocycles. The van der Waals surface area contributed by atoms with Crippen molar-refractivity contribution in [2.24, 2.45) is 0 Å². The first-order valence-electron chi connectivity index (χ1n) is 8.44. The molecular formula is C20H16ClN3O4. The molecule has 0 atom stereocenters. The maximum atomic E-state index is 12.5. The van der Waals surface area contributed by atoms with Crippen LogP contribution in [0.2, 0.25) is 5.02 Å². The highest BCUT2D eigenvalue weighted by molar-refractivity contribution is 6.34. The van der Waals surface area contributed by atoms with Gasteiger partial charge in [0.15, 0.2) is 5.69 Å². The van der Waals surface area contributed by atoms with Crippen molar-refractivity contribution in [2.75, 3.05) is 11.9 Å². The van der Waals surface area contributed by atoms with Crippen LogP contribution in [0, 0.1) is 0 Å². The van der Waals surface area contributed by atoms with E-state index >= 15 is 0 Å². The second-order valence-electron chi connectivity index (χ2n) is 5.65. The lowest BCUT2D eigenvalue weighted by Crippen LogP contribution is -2.27. The van der Waals surface area contributed by atoms with E-state index < -0.39 is 17.4 Å². The van der Waals surface area contributed by atoms with Crippen LogP contribution >= 0.6 is 11.6 Å². The molecule has 0 unspecified atom stereocenters. The highest BCUT2D eigenvalue weighted by atomic mass is 35.5. The number of halogens is 1. The summed E-state index contributed by atoms with van der Waals surface area (Å²) in [6.07, 6.45) is 0. The number of hydrogen-bond donors (Lipinski definition) is 1. The molecule has 0 bridgehead atoms. The highest BCUT2D eigenvalue weighted by Gasteiger charge is 2.21. The zero-order valence-electron chi connectivity index (χ0n) is 14.9. The largest absolute Gasteiger partial charge is 0.461 e. The average molecular weight is 398 g/mol. The number of anilines is 1. The number of nitrogens with one attached hydrogen (secondary N) is 1. The Labute approximate surface area is 165 Å². The zero-order valence-corrected chi connectivity index (χ0v) is 15.6. The van der Waals surface area contributed by atoms with E-state index in [1.807, 2.05) is 0 Å². The van der Waals surface area contributed by atoms with Crippen LogP contribution in [0.4, 0.5) is 5.69 Å². The van der Waals surface area contributed by atoms with E-state index in [1.54, 1.807) is 55.5 Å². The van der Waals surface area contributed by atoms with Crippen molar-refractivity contribution in [2.45, 2.75) is 6.92 Å². The summed E-state index contributed by atoms with van der Waals surface area (Å²) in [4.78, 5) is 37.4. The van der Waals surface area contributed by atoms with Gasteiger partial charge in [-0.3, -0.25) is 9.59 Å². The number of hydrogen-bond acceptors (Lipinski definition) is 5. The van der Waals surface area contributed by atoms with Crippen LogP contribution in [0.5, 0.6) is 0 Å². The van der Waals surface area contributed by atoms with Crippen molar-refractivity contribution in [3.63, 3.8) is 0 Å². The van der Waals surface area contributed by atoms with Gasteiger partial charge in [-0.05, 0) is 31.2 Å². The minimum atomic E-state index is -0.762. The van der Waals surface area contributed by atoms with Crippen LogP contribution in [0.15, 0.2) is 65.5 Å². The second kappa shape index (κ2) is 8.49. The van der Waals surface area contributed by atoms with Gasteiger partial charge in [-0.25, -0.2) is 4.79 Å². The van der Waals surface area contributed by atoms with Gasteiger partial charge in [-0.2, -0.15) is 9.78 Å². The molecule has 0 spiro atoms. The minimum Gasteiger partial charge on any atom is -0.461 e. The summed E-state index contributed by atoms with van der Waals surface area (Å²) in [6, 6.07) is 16.2. The third-order valence-electron chi connectivity index (χ3n) is 3.77. The van der Waals surface area contributed by atoms with E-state index in [0.717, 1.165) is 10.7 Å². The number of aromatic nitrogens is 2. The van der Waals surface area contributed by atoms with Crippen LogP contribution in [0.25, 0.3) is 5.69 Å². The fourth-order valence-electron chi connectivity index (χ4n) is 2.49. The molecule has 1 N–H and O–H groups in total. The van der Waals surface area contributed by atoms with Crippen molar-refractivity contribution in [1.29, 1.82) is 0 Å². The molecule has 0 aliphatic heterocycles. The number of esters is 1. The third kappa shape index (κ3) is 4.10.